The third kappa shape index (κ3) is 4.77. The molecule has 0 unspecified atom stereocenters. The molecule has 28 heavy (non-hydrogen) atoms. The number of benzene rings is 2. The maximum Gasteiger partial charge on any atom is 0.264 e. The van der Waals surface area contributed by atoms with Crippen molar-refractivity contribution in [2.24, 2.45) is 4.99 Å². The van der Waals surface area contributed by atoms with E-state index in [4.69, 9.17) is 9.47 Å². The van der Waals surface area contributed by atoms with E-state index < -0.39 is 0 Å². The highest BCUT2D eigenvalue weighted by Crippen LogP contribution is 2.36. The number of nitrogens with one attached hydrogen (secondary N) is 1. The predicted molar refractivity (Wildman–Crippen MR) is 118 cm³/mol. The van der Waals surface area contributed by atoms with Gasteiger partial charge in [-0.25, -0.2) is 4.99 Å². The lowest BCUT2D eigenvalue weighted by Gasteiger charge is -2.11. The Kier molecular flexibility index (Phi) is 6.80. The van der Waals surface area contributed by atoms with E-state index in [0.29, 0.717) is 28.2 Å². The molecule has 1 fully saturated rings. The molecule has 2 aromatic carbocycles. The number of thioether (sulfide) groups is 1. The van der Waals surface area contributed by atoms with Crippen LogP contribution in [0.5, 0.6) is 11.5 Å². The maximum absolute atomic E-state index is 12.4. The molecule has 2 aromatic rings. The molecule has 1 amide bonds. The number of hydrogen-bond acceptors (Lipinski definition) is 5. The molecule has 146 valence electrons. The topological polar surface area (TPSA) is 59.9 Å². The lowest BCUT2D eigenvalue weighted by Crippen LogP contribution is -2.19. The summed E-state index contributed by atoms with van der Waals surface area (Å²) < 4.78 is 11.8. The molecule has 7 heteroatoms. The predicted octanol–water partition coefficient (Wildman–Crippen LogP) is 5.31. The van der Waals surface area contributed by atoms with Gasteiger partial charge in [-0.15, -0.1) is 0 Å². The normalized spacial score (nSPS) is 16.5. The van der Waals surface area contributed by atoms with Crippen LogP contribution in [0.4, 0.5) is 5.69 Å². The van der Waals surface area contributed by atoms with E-state index in [1.807, 2.05) is 49.4 Å². The Morgan fingerprint density at radius 2 is 1.93 bits per heavy atom. The Labute approximate surface area is 177 Å². The highest BCUT2D eigenvalue weighted by atomic mass is 79.9. The summed E-state index contributed by atoms with van der Waals surface area (Å²) >= 11 is 4.85. The number of carbonyl (C=O) groups excluding carboxylic acids is 1. The van der Waals surface area contributed by atoms with Crippen LogP contribution in [0, 0.1) is 0 Å². The van der Waals surface area contributed by atoms with Crippen LogP contribution in [-0.2, 0) is 11.2 Å². The van der Waals surface area contributed by atoms with Crippen molar-refractivity contribution in [1.29, 1.82) is 0 Å². The van der Waals surface area contributed by atoms with Crippen LogP contribution in [0.25, 0.3) is 6.08 Å². The van der Waals surface area contributed by atoms with Crippen molar-refractivity contribution in [2.45, 2.75) is 20.3 Å². The maximum atomic E-state index is 12.4. The first kappa shape index (κ1) is 20.5. The van der Waals surface area contributed by atoms with Crippen LogP contribution in [-0.4, -0.2) is 24.8 Å². The second kappa shape index (κ2) is 9.30. The van der Waals surface area contributed by atoms with E-state index in [1.165, 1.54) is 17.3 Å². The number of amides is 1. The zero-order valence-electron chi connectivity index (χ0n) is 15.9. The van der Waals surface area contributed by atoms with Crippen LogP contribution < -0.4 is 14.8 Å². The highest BCUT2D eigenvalue weighted by molar-refractivity contribution is 9.10. The molecule has 1 aliphatic heterocycles. The Balaban J connectivity index is 1.85. The van der Waals surface area contributed by atoms with Crippen LogP contribution in [0.15, 0.2) is 50.8 Å². The van der Waals surface area contributed by atoms with Crippen molar-refractivity contribution in [3.63, 3.8) is 0 Å². The number of methoxy groups -OCH3 is 1. The number of halogens is 1. The first-order valence-electron chi connectivity index (χ1n) is 8.92. The Hall–Kier alpha value is -2.25. The van der Waals surface area contributed by atoms with E-state index >= 15 is 0 Å². The Morgan fingerprint density at radius 3 is 2.57 bits per heavy atom. The molecule has 3 rings (SSSR count). The summed E-state index contributed by atoms with van der Waals surface area (Å²) in [7, 11) is 1.59. The molecule has 0 aliphatic carbocycles. The summed E-state index contributed by atoms with van der Waals surface area (Å²) in [5.74, 6) is 1.10. The summed E-state index contributed by atoms with van der Waals surface area (Å²) in [6.07, 6.45) is 2.79. The van der Waals surface area contributed by atoms with Gasteiger partial charge in [0.15, 0.2) is 16.7 Å². The largest absolute Gasteiger partial charge is 0.493 e. The average molecular weight is 461 g/mol. The second-order valence-corrected chi connectivity index (χ2v) is 7.84. The minimum atomic E-state index is -0.173. The van der Waals surface area contributed by atoms with E-state index in [1.54, 1.807) is 7.11 Å². The van der Waals surface area contributed by atoms with Crippen LogP contribution in [0.3, 0.4) is 0 Å². The molecule has 1 aliphatic rings. The molecule has 5 nitrogen and oxygen atoms in total. The average Bonchev–Trinajstić information content (AvgIpc) is 3.03. The van der Waals surface area contributed by atoms with E-state index in [0.717, 1.165) is 22.1 Å². The van der Waals surface area contributed by atoms with Gasteiger partial charge in [0.25, 0.3) is 5.91 Å². The zero-order valence-corrected chi connectivity index (χ0v) is 18.3. The van der Waals surface area contributed by atoms with Crippen LogP contribution in [0.1, 0.15) is 25.0 Å². The number of hydrogen-bond donors (Lipinski definition) is 1. The minimum Gasteiger partial charge on any atom is -0.493 e. The fourth-order valence-corrected chi connectivity index (χ4v) is 3.90. The van der Waals surface area contributed by atoms with Gasteiger partial charge in [-0.2, -0.15) is 0 Å². The molecule has 1 heterocycles. The van der Waals surface area contributed by atoms with Crippen molar-refractivity contribution in [3.05, 3.63) is 56.9 Å². The molecule has 0 radical (unpaired) electrons. The van der Waals surface area contributed by atoms with Crippen LogP contribution in [0.2, 0.25) is 0 Å². The Bertz CT molecular complexity index is 939. The number of rotatable bonds is 6. The van der Waals surface area contributed by atoms with Crippen LogP contribution >= 0.6 is 27.7 Å². The molecule has 1 N–H and O–H groups in total. The molecule has 0 spiro atoms. The smallest absolute Gasteiger partial charge is 0.264 e. The zero-order chi connectivity index (χ0) is 20.1. The van der Waals surface area contributed by atoms with Gasteiger partial charge in [-0.3, -0.25) is 4.79 Å². The highest BCUT2D eigenvalue weighted by Gasteiger charge is 2.24. The fourth-order valence-electron chi connectivity index (χ4n) is 2.63. The summed E-state index contributed by atoms with van der Waals surface area (Å²) in [6.45, 7) is 4.57. The van der Waals surface area contributed by atoms with Crippen molar-refractivity contribution in [1.82, 2.24) is 5.32 Å². The van der Waals surface area contributed by atoms with E-state index in [2.05, 4.69) is 33.2 Å². The molecule has 0 bridgehead atoms. The molecule has 0 atom stereocenters. The quantitative estimate of drug-likeness (QED) is 0.593. The monoisotopic (exact) mass is 460 g/mol. The molecule has 0 aromatic heterocycles. The molecular weight excluding hydrogens is 440 g/mol. The third-order valence-corrected chi connectivity index (χ3v) is 5.69. The van der Waals surface area contributed by atoms with Gasteiger partial charge in [-0.1, -0.05) is 35.0 Å². The summed E-state index contributed by atoms with van der Waals surface area (Å²) in [5, 5.41) is 3.38. The van der Waals surface area contributed by atoms with Gasteiger partial charge in [0, 0.05) is 4.47 Å². The molecule has 1 saturated heterocycles. The lowest BCUT2D eigenvalue weighted by atomic mass is 10.2. The first-order chi connectivity index (χ1) is 13.5. The van der Waals surface area contributed by atoms with Crippen molar-refractivity contribution in [3.8, 4) is 11.5 Å². The summed E-state index contributed by atoms with van der Waals surface area (Å²) in [4.78, 5) is 17.4. The second-order valence-electron chi connectivity index (χ2n) is 5.96. The van der Waals surface area contributed by atoms with Gasteiger partial charge in [0.05, 0.1) is 24.3 Å². The summed E-state index contributed by atoms with van der Waals surface area (Å²) in [5.41, 5.74) is 2.89. The van der Waals surface area contributed by atoms with Crippen molar-refractivity contribution >= 4 is 50.5 Å². The lowest BCUT2D eigenvalue weighted by molar-refractivity contribution is -0.115. The van der Waals surface area contributed by atoms with Gasteiger partial charge in [-0.05, 0) is 66.6 Å². The number of aliphatic imine (C=N–C) groups is 1. The van der Waals surface area contributed by atoms with Gasteiger partial charge >= 0.3 is 0 Å². The standard InChI is InChI=1S/C21H21BrN2O3S/c1-4-13-6-8-15(9-7-13)23-21-24-20(25)19(28-21)11-14-10-17(26-3)18(27-5-2)12-16(14)22/h6-12H,4-5H2,1-3H3,(H,23,24,25)/b19-11-. The SMILES string of the molecule is CCOc1cc(Br)c(/C=C2\SC(=Nc3ccc(CC)cc3)NC2=O)cc1OC. The number of nitrogens with zero attached hydrogens (tertiary/aromatic N) is 1. The Morgan fingerprint density at radius 1 is 1.18 bits per heavy atom. The fraction of sp³-hybridized carbons (Fsp3) is 0.238. The van der Waals surface area contributed by atoms with Gasteiger partial charge < -0.3 is 14.8 Å². The van der Waals surface area contributed by atoms with Gasteiger partial charge in [0.1, 0.15) is 0 Å². The van der Waals surface area contributed by atoms with Crippen molar-refractivity contribution in [2.75, 3.05) is 13.7 Å². The summed E-state index contributed by atoms with van der Waals surface area (Å²) in [6, 6.07) is 11.7. The number of amidine groups is 1. The van der Waals surface area contributed by atoms with Gasteiger partial charge in [0.2, 0.25) is 0 Å². The number of ether oxygens (including phenoxy) is 2. The van der Waals surface area contributed by atoms with Crippen molar-refractivity contribution < 1.29 is 14.3 Å². The molecular formula is C21H21BrN2O3S. The van der Waals surface area contributed by atoms with E-state index in [-0.39, 0.29) is 5.91 Å². The number of carbonyl (C=O) groups is 1. The molecule has 0 saturated carbocycles. The van der Waals surface area contributed by atoms with E-state index in [9.17, 15) is 4.79 Å². The number of aryl methyl sites for hydroxylation is 1. The third-order valence-electron chi connectivity index (χ3n) is 4.10. The first-order valence-corrected chi connectivity index (χ1v) is 10.5. The minimum absolute atomic E-state index is 0.173.